The molecule has 1 fully saturated rings. The van der Waals surface area contributed by atoms with Gasteiger partial charge in [0.15, 0.2) is 0 Å². The number of fused-ring (bicyclic) bond motifs is 1. The van der Waals surface area contributed by atoms with Crippen LogP contribution in [0.3, 0.4) is 0 Å². The van der Waals surface area contributed by atoms with Crippen molar-refractivity contribution < 1.29 is 19.4 Å². The van der Waals surface area contributed by atoms with Crippen molar-refractivity contribution in [3.63, 3.8) is 0 Å². The van der Waals surface area contributed by atoms with Gasteiger partial charge in [0.2, 0.25) is 0 Å². The Labute approximate surface area is 111 Å². The van der Waals surface area contributed by atoms with Crippen LogP contribution in [-0.2, 0) is 21.4 Å². The van der Waals surface area contributed by atoms with Crippen molar-refractivity contribution in [1.82, 2.24) is 0 Å². The quantitative estimate of drug-likeness (QED) is 0.844. The first-order valence-electron chi connectivity index (χ1n) is 6.46. The monoisotopic (exact) mass is 260 g/mol. The van der Waals surface area contributed by atoms with Gasteiger partial charge in [0.05, 0.1) is 25.2 Å². The van der Waals surface area contributed by atoms with Gasteiger partial charge in [-0.1, -0.05) is 18.2 Å². The average molecular weight is 260 g/mol. The zero-order valence-corrected chi connectivity index (χ0v) is 10.6. The second-order valence-electron chi connectivity index (χ2n) is 5.10. The molecule has 0 radical (unpaired) electrons. The Morgan fingerprint density at radius 1 is 1.37 bits per heavy atom. The molecule has 2 heterocycles. The molecular weight excluding hydrogens is 244 g/mol. The summed E-state index contributed by atoms with van der Waals surface area (Å²) in [5, 5.41) is 8.79. The van der Waals surface area contributed by atoms with E-state index in [1.807, 2.05) is 12.1 Å². The van der Waals surface area contributed by atoms with Crippen LogP contribution in [0.25, 0.3) is 0 Å². The first kappa shape index (κ1) is 12.2. The summed E-state index contributed by atoms with van der Waals surface area (Å²) in [5.41, 5.74) is 2.03. The van der Waals surface area contributed by atoms with Gasteiger partial charge in [0, 0.05) is 6.08 Å². The molecule has 4 nitrogen and oxygen atoms in total. The number of ether oxygens (including phenoxy) is 2. The van der Waals surface area contributed by atoms with E-state index in [0.717, 1.165) is 30.8 Å². The van der Waals surface area contributed by atoms with Crippen LogP contribution in [0.1, 0.15) is 17.5 Å². The first-order chi connectivity index (χ1) is 9.20. The summed E-state index contributed by atoms with van der Waals surface area (Å²) in [4.78, 5) is 10.7. The lowest BCUT2D eigenvalue weighted by Gasteiger charge is -2.40. The van der Waals surface area contributed by atoms with Crippen LogP contribution < -0.4 is 4.74 Å². The lowest BCUT2D eigenvalue weighted by molar-refractivity contribution is -0.131. The number of hydrogen-bond donors (Lipinski definition) is 1. The Morgan fingerprint density at radius 2 is 2.21 bits per heavy atom. The molecule has 0 saturated carbocycles. The van der Waals surface area contributed by atoms with Crippen molar-refractivity contribution in [2.75, 3.05) is 19.8 Å². The molecule has 0 aromatic heterocycles. The number of hydrogen-bond acceptors (Lipinski definition) is 3. The van der Waals surface area contributed by atoms with Crippen LogP contribution in [0.2, 0.25) is 0 Å². The van der Waals surface area contributed by atoms with Crippen molar-refractivity contribution in [3.05, 3.63) is 41.5 Å². The number of carboxylic acids is 1. The molecule has 2 aliphatic heterocycles. The highest BCUT2D eigenvalue weighted by Gasteiger charge is 2.38. The van der Waals surface area contributed by atoms with Gasteiger partial charge in [0.1, 0.15) is 5.75 Å². The first-order valence-corrected chi connectivity index (χ1v) is 6.46. The Bertz CT molecular complexity index is 529. The van der Waals surface area contributed by atoms with E-state index in [9.17, 15) is 4.79 Å². The third-order valence-corrected chi connectivity index (χ3v) is 3.75. The Hall–Kier alpha value is -1.81. The van der Waals surface area contributed by atoms with Crippen LogP contribution >= 0.6 is 0 Å². The highest BCUT2D eigenvalue weighted by atomic mass is 16.5. The topological polar surface area (TPSA) is 55.8 Å². The molecule has 1 N–H and O–H groups in total. The summed E-state index contributed by atoms with van der Waals surface area (Å²) >= 11 is 0. The van der Waals surface area contributed by atoms with Crippen molar-refractivity contribution >= 4 is 5.97 Å². The van der Waals surface area contributed by atoms with Gasteiger partial charge >= 0.3 is 5.97 Å². The minimum Gasteiger partial charge on any atom is -0.493 e. The van der Waals surface area contributed by atoms with Gasteiger partial charge in [-0.05, 0) is 30.0 Å². The highest BCUT2D eigenvalue weighted by molar-refractivity contribution is 5.80. The molecule has 3 rings (SSSR count). The molecule has 0 aliphatic carbocycles. The summed E-state index contributed by atoms with van der Waals surface area (Å²) in [6.07, 6.45) is 5.00. The molecule has 19 heavy (non-hydrogen) atoms. The molecule has 0 unspecified atom stereocenters. The predicted octanol–water partition coefficient (Wildman–Crippen LogP) is 1.92. The number of benzene rings is 1. The normalized spacial score (nSPS) is 20.4. The van der Waals surface area contributed by atoms with Gasteiger partial charge in [-0.3, -0.25) is 0 Å². The van der Waals surface area contributed by atoms with E-state index < -0.39 is 5.97 Å². The van der Waals surface area contributed by atoms with Crippen molar-refractivity contribution in [3.8, 4) is 5.75 Å². The third kappa shape index (κ3) is 2.24. The molecule has 0 atom stereocenters. The number of aryl methyl sites for hydroxylation is 1. The summed E-state index contributed by atoms with van der Waals surface area (Å²) < 4.78 is 10.9. The molecule has 1 aromatic carbocycles. The maximum Gasteiger partial charge on any atom is 0.328 e. The van der Waals surface area contributed by atoms with E-state index in [1.165, 1.54) is 11.6 Å². The summed E-state index contributed by atoms with van der Waals surface area (Å²) in [5.74, 6) is 0.0279. The number of carbonyl (C=O) groups is 1. The zero-order valence-electron chi connectivity index (χ0n) is 10.6. The maximum absolute atomic E-state index is 10.7. The molecule has 1 saturated heterocycles. The van der Waals surface area contributed by atoms with Crippen molar-refractivity contribution in [1.29, 1.82) is 0 Å². The van der Waals surface area contributed by atoms with Crippen LogP contribution in [-0.4, -0.2) is 30.9 Å². The molecule has 0 bridgehead atoms. The molecular formula is C15H16O4. The van der Waals surface area contributed by atoms with Crippen LogP contribution in [0.4, 0.5) is 0 Å². The smallest absolute Gasteiger partial charge is 0.328 e. The fourth-order valence-corrected chi connectivity index (χ4v) is 2.58. The standard InChI is InChI=1S/C15H16O4/c16-14(17)5-6-15(9-18-10-15)12-3-4-13-11(8-12)2-1-7-19-13/h3-6,8H,1-2,7,9-10H2,(H,16,17)/b6-5+. The number of carboxylic acid groups (broad SMARTS) is 1. The van der Waals surface area contributed by atoms with E-state index in [4.69, 9.17) is 14.6 Å². The van der Waals surface area contributed by atoms with E-state index in [1.54, 1.807) is 6.08 Å². The molecule has 4 heteroatoms. The highest BCUT2D eigenvalue weighted by Crippen LogP contribution is 2.37. The zero-order chi connectivity index (χ0) is 13.3. The molecule has 1 aromatic rings. The predicted molar refractivity (Wildman–Crippen MR) is 69.5 cm³/mol. The summed E-state index contributed by atoms with van der Waals surface area (Å²) in [6, 6.07) is 6.13. The van der Waals surface area contributed by atoms with Crippen LogP contribution in [0.15, 0.2) is 30.4 Å². The lowest BCUT2D eigenvalue weighted by Crippen LogP contribution is -2.45. The van der Waals surface area contributed by atoms with Gasteiger partial charge in [-0.2, -0.15) is 0 Å². The Balaban J connectivity index is 1.93. The SMILES string of the molecule is O=C(O)/C=C/C1(c2ccc3c(c2)CCCO3)COC1. The fraction of sp³-hybridized carbons (Fsp3) is 0.400. The molecule has 100 valence electrons. The van der Waals surface area contributed by atoms with Crippen LogP contribution in [0.5, 0.6) is 5.75 Å². The number of rotatable bonds is 3. The van der Waals surface area contributed by atoms with Gasteiger partial charge in [0.25, 0.3) is 0 Å². The Kier molecular flexibility index (Phi) is 3.03. The van der Waals surface area contributed by atoms with Crippen LogP contribution in [0, 0.1) is 0 Å². The van der Waals surface area contributed by atoms with Gasteiger partial charge in [-0.15, -0.1) is 0 Å². The lowest BCUT2D eigenvalue weighted by atomic mass is 9.77. The largest absolute Gasteiger partial charge is 0.493 e. The summed E-state index contributed by atoms with van der Waals surface area (Å²) in [7, 11) is 0. The van der Waals surface area contributed by atoms with Gasteiger partial charge < -0.3 is 14.6 Å². The van der Waals surface area contributed by atoms with Crippen molar-refractivity contribution in [2.24, 2.45) is 0 Å². The molecule has 0 spiro atoms. The summed E-state index contributed by atoms with van der Waals surface area (Å²) in [6.45, 7) is 1.85. The van der Waals surface area contributed by atoms with E-state index in [2.05, 4.69) is 6.07 Å². The second-order valence-corrected chi connectivity index (χ2v) is 5.10. The van der Waals surface area contributed by atoms with Crippen molar-refractivity contribution in [2.45, 2.75) is 18.3 Å². The molecule has 0 amide bonds. The van der Waals surface area contributed by atoms with E-state index in [-0.39, 0.29) is 5.41 Å². The maximum atomic E-state index is 10.7. The van der Waals surface area contributed by atoms with Gasteiger partial charge in [-0.25, -0.2) is 4.79 Å². The average Bonchev–Trinajstić information content (AvgIpc) is 2.37. The van der Waals surface area contributed by atoms with E-state index >= 15 is 0 Å². The minimum atomic E-state index is -0.924. The number of aliphatic carboxylic acids is 1. The van der Waals surface area contributed by atoms with E-state index in [0.29, 0.717) is 13.2 Å². The Morgan fingerprint density at radius 3 is 2.89 bits per heavy atom. The molecule has 2 aliphatic rings. The fourth-order valence-electron chi connectivity index (χ4n) is 2.58. The second kappa shape index (κ2) is 4.70. The third-order valence-electron chi connectivity index (χ3n) is 3.75. The minimum absolute atomic E-state index is 0.287.